The molecule has 1 saturated heterocycles. The van der Waals surface area contributed by atoms with Crippen LogP contribution in [0.1, 0.15) is 30.4 Å². The van der Waals surface area contributed by atoms with E-state index in [1.807, 2.05) is 13.8 Å². The Morgan fingerprint density at radius 2 is 1.90 bits per heavy atom. The van der Waals surface area contributed by atoms with Crippen LogP contribution in [0.25, 0.3) is 0 Å². The number of aliphatic carboxylic acids is 1. The van der Waals surface area contributed by atoms with Gasteiger partial charge in [-0.1, -0.05) is 13.8 Å². The van der Waals surface area contributed by atoms with Crippen molar-refractivity contribution in [3.63, 3.8) is 0 Å². The van der Waals surface area contributed by atoms with E-state index in [-0.39, 0.29) is 62.9 Å². The van der Waals surface area contributed by atoms with Gasteiger partial charge in [0, 0.05) is 12.0 Å². The smallest absolute Gasteiger partial charge is 0.790 e. The molecule has 0 saturated carbocycles. The van der Waals surface area contributed by atoms with Crippen LogP contribution < -0.4 is 76.6 Å². The Balaban J connectivity index is 0.000000858. The van der Waals surface area contributed by atoms with Gasteiger partial charge in [0.05, 0.1) is 26.0 Å². The number of aromatic carboxylic acids is 1. The molecule has 1 fully saturated rings. The third-order valence-electron chi connectivity index (χ3n) is 4.21. The molecule has 0 aromatic carbocycles. The first kappa shape index (κ1) is 30.7. The van der Waals surface area contributed by atoms with Gasteiger partial charge in [-0.25, -0.2) is 4.79 Å². The van der Waals surface area contributed by atoms with Crippen molar-refractivity contribution in [1.82, 2.24) is 0 Å². The van der Waals surface area contributed by atoms with Crippen molar-refractivity contribution >= 4 is 19.8 Å². The summed E-state index contributed by atoms with van der Waals surface area (Å²) in [5, 5.41) is 38.8. The molecule has 1 aromatic heterocycles. The van der Waals surface area contributed by atoms with E-state index in [9.17, 15) is 39.3 Å². The zero-order valence-corrected chi connectivity index (χ0v) is 21.2. The largest absolute Gasteiger partial charge is 1.00 e. The minimum atomic E-state index is -5.24. The summed E-state index contributed by atoms with van der Waals surface area (Å²) < 4.78 is 20.8. The van der Waals surface area contributed by atoms with Gasteiger partial charge in [0.1, 0.15) is 12.2 Å². The maximum Gasteiger partial charge on any atom is 1.00 e. The van der Waals surface area contributed by atoms with E-state index in [2.05, 4.69) is 10.3 Å². The molecule has 2 rings (SSSR count). The number of quaternary nitrogens is 1. The van der Waals surface area contributed by atoms with Crippen LogP contribution in [0.4, 0.5) is 0 Å². The number of phosphoric acid groups is 1. The van der Waals surface area contributed by atoms with Crippen LogP contribution in [0.5, 0.6) is 0 Å². The number of aromatic nitrogens is 1. The Hall–Kier alpha value is -0.324. The van der Waals surface area contributed by atoms with Crippen molar-refractivity contribution < 1.29 is 115 Å². The number of ether oxygens (including phenoxy) is 1. The van der Waals surface area contributed by atoms with E-state index in [1.165, 1.54) is 22.9 Å². The van der Waals surface area contributed by atoms with Crippen LogP contribution in [0, 0.1) is 5.92 Å². The van der Waals surface area contributed by atoms with Crippen molar-refractivity contribution in [2.75, 3.05) is 6.61 Å². The molecule has 1 aliphatic heterocycles. The van der Waals surface area contributed by atoms with Crippen LogP contribution in [-0.2, 0) is 18.6 Å². The number of phosphoric ester groups is 1. The number of aliphatic hydroxyl groups is 2. The first-order chi connectivity index (χ1) is 13.7. The molecule has 6 N–H and O–H groups in total. The molecule has 2 heterocycles. The molecule has 0 bridgehead atoms. The summed E-state index contributed by atoms with van der Waals surface area (Å²) in [5.74, 6) is -2.13. The quantitative estimate of drug-likeness (QED) is 0.159. The molecule has 1 aliphatic rings. The number of carboxylic acids is 2. The Bertz CT molecular complexity index is 791. The topological polar surface area (TPSA) is 231 Å². The van der Waals surface area contributed by atoms with E-state index in [0.717, 1.165) is 6.20 Å². The minimum Gasteiger partial charge on any atom is -0.790 e. The third kappa shape index (κ3) is 10.0. The van der Waals surface area contributed by atoms with Gasteiger partial charge in [0.2, 0.25) is 0 Å². The molecular formula is C16H24KN2O11P. The maximum absolute atomic E-state index is 10.8. The summed E-state index contributed by atoms with van der Waals surface area (Å²) in [4.78, 5) is 41.7. The van der Waals surface area contributed by atoms with E-state index in [4.69, 9.17) is 9.84 Å². The summed E-state index contributed by atoms with van der Waals surface area (Å²) in [6, 6.07) is 2.16. The molecule has 31 heavy (non-hydrogen) atoms. The van der Waals surface area contributed by atoms with Gasteiger partial charge in [0.25, 0.3) is 6.23 Å². The van der Waals surface area contributed by atoms with Gasteiger partial charge >= 0.3 is 57.4 Å². The SMILES string of the molecule is CC(C)[C@H]([NH3+])C(=O)O.O=C([O-])c1ccc[n+]([C@@H]2O[C@H](COP(=O)([O-])[O-])[C@@H](O)[C@H]2O)c1.[K+]. The predicted octanol–water partition coefficient (Wildman–Crippen LogP) is -7.86. The average molecular weight is 490 g/mol. The molecular weight excluding hydrogens is 466 g/mol. The molecule has 0 spiro atoms. The standard InChI is InChI=1S/C11H14NO9P.C5H11NO2.K/c13-8-7(5-20-22(17,18)19)21-10(9(8)14)12-3-1-2-6(4-12)11(15)16;1-3(2)4(6)5(7)8;/h1-4,7-10,13-14H,5H2,(H2-,15,16,17,18,19);3-4H,6H2,1-2H3,(H,7,8);/q;;+1/p-1/t7-,8-,9-,10-;4-;/m10./s1. The fourth-order valence-corrected chi connectivity index (χ4v) is 2.66. The van der Waals surface area contributed by atoms with Gasteiger partial charge in [-0.15, -0.1) is 0 Å². The molecule has 0 amide bonds. The number of carboxylic acid groups (broad SMARTS) is 2. The number of nitrogens with zero attached hydrogens (tertiary/aromatic N) is 1. The number of carbonyl (C=O) groups is 2. The fourth-order valence-electron chi connectivity index (χ4n) is 2.33. The van der Waals surface area contributed by atoms with Gasteiger partial charge in [0.15, 0.2) is 24.5 Å². The maximum atomic E-state index is 10.8. The zero-order chi connectivity index (χ0) is 23.2. The van der Waals surface area contributed by atoms with Crippen LogP contribution in [-0.4, -0.2) is 58.2 Å². The van der Waals surface area contributed by atoms with Crippen LogP contribution in [0.2, 0.25) is 0 Å². The summed E-state index contributed by atoms with van der Waals surface area (Å²) in [5.41, 5.74) is 3.25. The summed E-state index contributed by atoms with van der Waals surface area (Å²) >= 11 is 0. The number of rotatable bonds is 7. The van der Waals surface area contributed by atoms with E-state index < -0.39 is 56.9 Å². The summed E-state index contributed by atoms with van der Waals surface area (Å²) in [6.07, 6.45) is -2.95. The Morgan fingerprint density at radius 3 is 2.32 bits per heavy atom. The van der Waals surface area contributed by atoms with E-state index in [0.29, 0.717) is 0 Å². The van der Waals surface area contributed by atoms with Crippen molar-refractivity contribution in [2.45, 2.75) is 44.4 Å². The summed E-state index contributed by atoms with van der Waals surface area (Å²) in [6.45, 7) is 2.91. The molecule has 1 aromatic rings. The number of hydrogen-bond donors (Lipinski definition) is 4. The number of pyridine rings is 1. The third-order valence-corrected chi connectivity index (χ3v) is 4.67. The zero-order valence-electron chi connectivity index (χ0n) is 17.2. The second kappa shape index (κ2) is 13.4. The average Bonchev–Trinajstić information content (AvgIpc) is 2.94. The number of aliphatic hydroxyl groups excluding tert-OH is 2. The van der Waals surface area contributed by atoms with Crippen LogP contribution >= 0.6 is 7.82 Å². The Labute approximate surface area is 220 Å². The molecule has 0 unspecified atom stereocenters. The first-order valence-corrected chi connectivity index (χ1v) is 10.2. The van der Waals surface area contributed by atoms with Gasteiger partial charge < -0.3 is 54.6 Å². The minimum absolute atomic E-state index is 0. The van der Waals surface area contributed by atoms with Gasteiger partial charge in [-0.2, -0.15) is 4.57 Å². The van der Waals surface area contributed by atoms with E-state index in [1.54, 1.807) is 0 Å². The van der Waals surface area contributed by atoms with Crippen molar-refractivity contribution in [1.29, 1.82) is 0 Å². The monoisotopic (exact) mass is 490 g/mol. The Kier molecular flexibility index (Phi) is 13.3. The van der Waals surface area contributed by atoms with Crippen molar-refractivity contribution in [2.24, 2.45) is 5.92 Å². The molecule has 170 valence electrons. The van der Waals surface area contributed by atoms with Crippen molar-refractivity contribution in [3.05, 3.63) is 30.1 Å². The number of carbonyl (C=O) groups excluding carboxylic acids is 1. The predicted molar refractivity (Wildman–Crippen MR) is 89.6 cm³/mol. The fraction of sp³-hybridized carbons (Fsp3) is 0.562. The van der Waals surface area contributed by atoms with Gasteiger partial charge in [-0.05, 0) is 6.07 Å². The van der Waals surface area contributed by atoms with Gasteiger partial charge in [-0.3, -0.25) is 0 Å². The second-order valence-electron chi connectivity index (χ2n) is 6.81. The van der Waals surface area contributed by atoms with Crippen LogP contribution in [0.15, 0.2) is 24.5 Å². The van der Waals surface area contributed by atoms with E-state index >= 15 is 0 Å². The Morgan fingerprint density at radius 1 is 1.32 bits per heavy atom. The summed E-state index contributed by atoms with van der Waals surface area (Å²) in [7, 11) is -5.24. The normalized spacial score (nSPS) is 24.0. The van der Waals surface area contributed by atoms with Crippen LogP contribution in [0.3, 0.4) is 0 Å². The second-order valence-corrected chi connectivity index (χ2v) is 7.96. The van der Waals surface area contributed by atoms with Crippen molar-refractivity contribution in [3.8, 4) is 0 Å². The first-order valence-electron chi connectivity index (χ1n) is 8.70. The molecule has 0 aliphatic carbocycles. The molecule has 13 nitrogen and oxygen atoms in total. The number of hydrogen-bond acceptors (Lipinski definition) is 10. The molecule has 15 heteroatoms. The molecule has 5 atom stereocenters. The molecule has 0 radical (unpaired) electrons.